The molecular formula is C29H31F3N2O3. The van der Waals surface area contributed by atoms with Crippen LogP contribution in [0.15, 0.2) is 42.0 Å². The summed E-state index contributed by atoms with van der Waals surface area (Å²) in [6, 6.07) is 10.8. The number of rotatable bonds is 5. The van der Waals surface area contributed by atoms with Crippen LogP contribution in [0.3, 0.4) is 0 Å². The number of carbonyl (C=O) groups is 1. The first-order chi connectivity index (χ1) is 17.3. The van der Waals surface area contributed by atoms with Gasteiger partial charge in [-0.15, -0.1) is 0 Å². The van der Waals surface area contributed by atoms with E-state index in [-0.39, 0.29) is 12.0 Å². The van der Waals surface area contributed by atoms with Gasteiger partial charge in [0, 0.05) is 12.1 Å². The smallest absolute Gasteiger partial charge is 0.416 e. The van der Waals surface area contributed by atoms with E-state index in [0.717, 1.165) is 48.1 Å². The predicted molar refractivity (Wildman–Crippen MR) is 134 cm³/mol. The molecule has 1 aliphatic heterocycles. The largest absolute Gasteiger partial charge is 0.496 e. The number of hydrogen-bond acceptors (Lipinski definition) is 4. The molecule has 5 nitrogen and oxygen atoms in total. The molecule has 0 spiro atoms. The molecule has 0 saturated carbocycles. The molecule has 2 aromatic carbocycles. The van der Waals surface area contributed by atoms with Gasteiger partial charge in [0.15, 0.2) is 0 Å². The van der Waals surface area contributed by atoms with Crippen LogP contribution in [0.1, 0.15) is 74.0 Å². The monoisotopic (exact) mass is 512 g/mol. The molecule has 1 heterocycles. The first kappa shape index (κ1) is 26.6. The minimum Gasteiger partial charge on any atom is -0.496 e. The van der Waals surface area contributed by atoms with E-state index in [2.05, 4.69) is 19.9 Å². The van der Waals surface area contributed by atoms with Crippen LogP contribution in [0.25, 0.3) is 5.57 Å². The summed E-state index contributed by atoms with van der Waals surface area (Å²) in [6.45, 7) is 8.03. The average molecular weight is 513 g/mol. The summed E-state index contributed by atoms with van der Waals surface area (Å²) in [4.78, 5) is 14.6. The van der Waals surface area contributed by atoms with Crippen molar-refractivity contribution < 1.29 is 27.4 Å². The van der Waals surface area contributed by atoms with E-state index < -0.39 is 30.0 Å². The molecule has 196 valence electrons. The Morgan fingerprint density at radius 1 is 1.22 bits per heavy atom. The topological polar surface area (TPSA) is 62.6 Å². The summed E-state index contributed by atoms with van der Waals surface area (Å²) < 4.78 is 51.5. The lowest BCUT2D eigenvalue weighted by Crippen LogP contribution is -2.35. The fourth-order valence-electron chi connectivity index (χ4n) is 5.41. The van der Waals surface area contributed by atoms with Crippen LogP contribution in [0.5, 0.6) is 5.75 Å². The highest BCUT2D eigenvalue weighted by atomic mass is 19.4. The Hall–Kier alpha value is -3.47. The fraction of sp³-hybridized carbons (Fsp3) is 0.448. The third-order valence-electron chi connectivity index (χ3n) is 7.33. The van der Waals surface area contributed by atoms with E-state index in [1.165, 1.54) is 0 Å². The van der Waals surface area contributed by atoms with Crippen LogP contribution in [-0.2, 0) is 10.9 Å². The summed E-state index contributed by atoms with van der Waals surface area (Å²) in [7, 11) is 1.58. The first-order valence-corrected chi connectivity index (χ1v) is 12.3. The molecule has 0 N–H and O–H groups in total. The molecule has 1 amide bonds. The second-order valence-electron chi connectivity index (χ2n) is 10.8. The van der Waals surface area contributed by atoms with Crippen LogP contribution in [0, 0.1) is 23.7 Å². The summed E-state index contributed by atoms with van der Waals surface area (Å²) in [5.74, 6) is 0.653. The number of halogens is 3. The van der Waals surface area contributed by atoms with Crippen molar-refractivity contribution in [3.8, 4) is 11.8 Å². The Balaban J connectivity index is 1.71. The minimum absolute atomic E-state index is 0.00330. The Bertz CT molecular complexity index is 1290. The van der Waals surface area contributed by atoms with E-state index in [0.29, 0.717) is 22.4 Å². The number of amides is 1. The lowest BCUT2D eigenvalue weighted by atomic mass is 9.72. The Kier molecular flexibility index (Phi) is 7.02. The van der Waals surface area contributed by atoms with Gasteiger partial charge in [-0.05, 0) is 85.6 Å². The molecule has 0 aromatic heterocycles. The Morgan fingerprint density at radius 3 is 2.59 bits per heavy atom. The van der Waals surface area contributed by atoms with Crippen molar-refractivity contribution in [2.24, 2.45) is 5.41 Å². The maximum Gasteiger partial charge on any atom is 0.416 e. The van der Waals surface area contributed by atoms with Gasteiger partial charge in [-0.3, -0.25) is 4.90 Å². The number of ether oxygens (including phenoxy) is 2. The van der Waals surface area contributed by atoms with Crippen molar-refractivity contribution >= 4 is 11.7 Å². The standard InChI is InChI=1S/C29H31F3N2O3/c1-17-10-20(13-22(11-17)29(30,31)32)26-18(2)34(27(35)37-26)16-21-14-28(3,4)9-8-23(21)24-12-19(15-33)6-7-25(24)36-5/h6-7,10-13,18,26H,8-9,14,16H2,1-5H3/t18-,26-/m0/s1. The summed E-state index contributed by atoms with van der Waals surface area (Å²) >= 11 is 0. The molecule has 8 heteroatoms. The van der Waals surface area contributed by atoms with Gasteiger partial charge in [0.25, 0.3) is 0 Å². The summed E-state index contributed by atoms with van der Waals surface area (Å²) in [5.41, 5.74) is 3.45. The molecular weight excluding hydrogens is 481 g/mol. The van der Waals surface area contributed by atoms with E-state index in [9.17, 15) is 23.2 Å². The third-order valence-corrected chi connectivity index (χ3v) is 7.33. The molecule has 2 atom stereocenters. The number of benzene rings is 2. The molecule has 1 saturated heterocycles. The molecule has 2 aromatic rings. The minimum atomic E-state index is -4.49. The molecule has 1 fully saturated rings. The molecule has 0 radical (unpaired) electrons. The van der Waals surface area contributed by atoms with Crippen molar-refractivity contribution in [1.29, 1.82) is 5.26 Å². The van der Waals surface area contributed by atoms with Crippen molar-refractivity contribution in [3.05, 3.63) is 69.8 Å². The second-order valence-corrected chi connectivity index (χ2v) is 10.8. The molecule has 1 aliphatic carbocycles. The first-order valence-electron chi connectivity index (χ1n) is 12.3. The zero-order chi connectivity index (χ0) is 27.1. The number of nitriles is 1. The van der Waals surface area contributed by atoms with Gasteiger partial charge in [-0.2, -0.15) is 18.4 Å². The normalized spacial score (nSPS) is 21.6. The van der Waals surface area contributed by atoms with Gasteiger partial charge in [0.2, 0.25) is 0 Å². The Labute approximate surface area is 215 Å². The van der Waals surface area contributed by atoms with Crippen LogP contribution < -0.4 is 4.74 Å². The summed E-state index contributed by atoms with van der Waals surface area (Å²) in [6.07, 6.45) is -3.45. The van der Waals surface area contributed by atoms with E-state index in [1.54, 1.807) is 44.1 Å². The maximum atomic E-state index is 13.4. The zero-order valence-electron chi connectivity index (χ0n) is 21.7. The zero-order valence-corrected chi connectivity index (χ0v) is 21.7. The highest BCUT2D eigenvalue weighted by Crippen LogP contribution is 2.46. The summed E-state index contributed by atoms with van der Waals surface area (Å²) in [5, 5.41) is 9.45. The number of hydrogen-bond donors (Lipinski definition) is 0. The van der Waals surface area contributed by atoms with Crippen molar-refractivity contribution in [2.45, 2.75) is 65.3 Å². The number of allylic oxidation sites excluding steroid dienone is 1. The third kappa shape index (κ3) is 5.46. The van der Waals surface area contributed by atoms with Gasteiger partial charge in [-0.25, -0.2) is 4.79 Å². The molecule has 37 heavy (non-hydrogen) atoms. The van der Waals surface area contributed by atoms with Crippen molar-refractivity contribution in [3.63, 3.8) is 0 Å². The molecule has 0 bridgehead atoms. The van der Waals surface area contributed by atoms with Gasteiger partial charge in [-0.1, -0.05) is 25.5 Å². The molecule has 0 unspecified atom stereocenters. The quantitative estimate of drug-likeness (QED) is 0.418. The van der Waals surface area contributed by atoms with Crippen LogP contribution in [-0.4, -0.2) is 30.7 Å². The lowest BCUT2D eigenvalue weighted by Gasteiger charge is -2.35. The molecule has 4 rings (SSSR count). The second kappa shape index (κ2) is 9.77. The fourth-order valence-corrected chi connectivity index (χ4v) is 5.41. The van der Waals surface area contributed by atoms with Crippen molar-refractivity contribution in [1.82, 2.24) is 4.90 Å². The van der Waals surface area contributed by atoms with Gasteiger partial charge in [0.05, 0.1) is 30.3 Å². The van der Waals surface area contributed by atoms with E-state index in [4.69, 9.17) is 9.47 Å². The number of carbonyl (C=O) groups excluding carboxylic acids is 1. The SMILES string of the molecule is COc1ccc(C#N)cc1C1=C(CN2C(=O)O[C@H](c3cc(C)cc(C(F)(F)F)c3)[C@@H]2C)CC(C)(C)CC1. The van der Waals surface area contributed by atoms with Crippen LogP contribution in [0.4, 0.5) is 18.0 Å². The number of aryl methyl sites for hydroxylation is 1. The number of methoxy groups -OCH3 is 1. The van der Waals surface area contributed by atoms with Crippen molar-refractivity contribution in [2.75, 3.05) is 13.7 Å². The highest BCUT2D eigenvalue weighted by Gasteiger charge is 2.42. The van der Waals surface area contributed by atoms with E-state index in [1.807, 2.05) is 6.07 Å². The number of cyclic esters (lactones) is 1. The lowest BCUT2D eigenvalue weighted by molar-refractivity contribution is -0.137. The number of alkyl halides is 3. The highest BCUT2D eigenvalue weighted by molar-refractivity contribution is 5.77. The van der Waals surface area contributed by atoms with Crippen LogP contribution in [0.2, 0.25) is 0 Å². The van der Waals surface area contributed by atoms with Gasteiger partial charge < -0.3 is 9.47 Å². The molecule has 2 aliphatic rings. The van der Waals surface area contributed by atoms with Gasteiger partial charge in [0.1, 0.15) is 11.9 Å². The van der Waals surface area contributed by atoms with Crippen LogP contribution >= 0.6 is 0 Å². The predicted octanol–water partition coefficient (Wildman–Crippen LogP) is 7.44. The number of nitrogens with zero attached hydrogens (tertiary/aromatic N) is 2. The Morgan fingerprint density at radius 2 is 1.95 bits per heavy atom. The van der Waals surface area contributed by atoms with Gasteiger partial charge >= 0.3 is 12.3 Å². The van der Waals surface area contributed by atoms with E-state index >= 15 is 0 Å². The maximum absolute atomic E-state index is 13.4. The average Bonchev–Trinajstić information content (AvgIpc) is 3.10.